The molecule has 3 aromatic carbocycles. The number of phenolic OH excluding ortho intramolecular Hbond substituents is 2. The molecule has 2 heterocycles. The summed E-state index contributed by atoms with van der Waals surface area (Å²) in [6.07, 6.45) is 17.7. The maximum atomic E-state index is 14.2. The van der Waals surface area contributed by atoms with E-state index >= 15 is 0 Å². The number of rotatable bonds is 8. The number of benzene rings is 3. The molecule has 4 atom stereocenters. The molecule has 3 aliphatic rings. The lowest BCUT2D eigenvalue weighted by atomic mass is 9.78. The number of aromatic amines is 1. The summed E-state index contributed by atoms with van der Waals surface area (Å²) in [6.45, 7) is 4.90. The molecule has 8 nitrogen and oxygen atoms in total. The standard InChI is InChI=1S/C52H63N3O5S2/c1-3-4-5-7-34(2)16-21-52-22-17-37(31-52)32-61-62-33-39-29-42-38(28-43(39)51(53)54)8-6-9-46-41(19-24-55-46)49(59)30-44(42)45-26-36(11-14-47(45)57)20-25-60-50-27-35(12-15-48(50)58)10-13-40(56)18-23-52/h11-12,14-15,18-19,23-24,26-29,34,37,44,51,55,57-58H,3-5,7,9-10,13,16-17,20-22,25,30-33,53-54H2,1-2H3/b23-18+/t34-,37+,44-,52+/m0/s1. The summed E-state index contributed by atoms with van der Waals surface area (Å²) in [5.41, 5.74) is 20.2. The van der Waals surface area contributed by atoms with Crippen molar-refractivity contribution in [3.05, 3.63) is 123 Å². The fourth-order valence-electron chi connectivity index (χ4n) is 9.55. The van der Waals surface area contributed by atoms with Gasteiger partial charge in [0.25, 0.3) is 0 Å². The van der Waals surface area contributed by atoms with E-state index in [1.807, 2.05) is 53.3 Å². The molecule has 0 spiro atoms. The average Bonchev–Trinajstić information content (AvgIpc) is 3.91. The topological polar surface area (TPSA) is 152 Å². The van der Waals surface area contributed by atoms with Crippen LogP contribution in [0.25, 0.3) is 0 Å². The fourth-order valence-corrected chi connectivity index (χ4v) is 12.1. The monoisotopic (exact) mass is 873 g/mol. The third kappa shape index (κ3) is 11.6. The van der Waals surface area contributed by atoms with Gasteiger partial charge >= 0.3 is 0 Å². The zero-order valence-electron chi connectivity index (χ0n) is 36.3. The number of carbonyl (C=O) groups excluding carboxylic acids is 2. The van der Waals surface area contributed by atoms with Crippen LogP contribution >= 0.6 is 21.6 Å². The summed E-state index contributed by atoms with van der Waals surface area (Å²) in [6, 6.07) is 16.7. The number of aromatic hydroxyl groups is 2. The highest BCUT2D eigenvalue weighted by Crippen LogP contribution is 2.49. The van der Waals surface area contributed by atoms with Crippen LogP contribution in [0.15, 0.2) is 72.9 Å². The smallest absolute Gasteiger partial charge is 0.165 e. The molecule has 2 aliphatic carbocycles. The van der Waals surface area contributed by atoms with E-state index < -0.39 is 12.1 Å². The van der Waals surface area contributed by atoms with Gasteiger partial charge in [-0.05, 0) is 120 Å². The van der Waals surface area contributed by atoms with Gasteiger partial charge in [-0.2, -0.15) is 0 Å². The Bertz CT molecular complexity index is 2310. The minimum Gasteiger partial charge on any atom is -0.508 e. The molecule has 7 N–H and O–H groups in total. The lowest BCUT2D eigenvalue weighted by molar-refractivity contribution is -0.114. The second kappa shape index (κ2) is 21.3. The van der Waals surface area contributed by atoms with Gasteiger partial charge in [0, 0.05) is 65.3 Å². The molecule has 328 valence electrons. The van der Waals surface area contributed by atoms with Gasteiger partial charge in [0.15, 0.2) is 23.1 Å². The molecular weight excluding hydrogens is 811 g/mol. The number of aromatic nitrogens is 1. The highest BCUT2D eigenvalue weighted by molar-refractivity contribution is 8.76. The summed E-state index contributed by atoms with van der Waals surface area (Å²) in [7, 11) is 3.68. The summed E-state index contributed by atoms with van der Waals surface area (Å²) in [5, 5.41) is 22.3. The lowest BCUT2D eigenvalue weighted by Crippen LogP contribution is -2.22. The largest absolute Gasteiger partial charge is 0.508 e. The van der Waals surface area contributed by atoms with E-state index in [1.54, 1.807) is 29.1 Å². The Kier molecular flexibility index (Phi) is 15.7. The maximum Gasteiger partial charge on any atom is 0.165 e. The molecule has 10 heteroatoms. The van der Waals surface area contributed by atoms with E-state index in [4.69, 9.17) is 16.2 Å². The predicted molar refractivity (Wildman–Crippen MR) is 254 cm³/mol. The number of nitrogens with one attached hydrogen (secondary N) is 1. The van der Waals surface area contributed by atoms with Crippen LogP contribution < -0.4 is 16.2 Å². The van der Waals surface area contributed by atoms with E-state index in [0.29, 0.717) is 60.1 Å². The molecule has 62 heavy (non-hydrogen) atoms. The van der Waals surface area contributed by atoms with Crippen molar-refractivity contribution in [1.29, 1.82) is 0 Å². The number of ketones is 2. The summed E-state index contributed by atoms with van der Waals surface area (Å²) in [4.78, 5) is 30.8. The van der Waals surface area contributed by atoms with Gasteiger partial charge in [-0.3, -0.25) is 9.59 Å². The van der Waals surface area contributed by atoms with Gasteiger partial charge < -0.3 is 31.4 Å². The number of phenols is 2. The number of nitrogens with two attached hydrogens (primary N) is 2. The minimum absolute atomic E-state index is 0.0139. The highest BCUT2D eigenvalue weighted by atomic mass is 33.1. The molecule has 0 saturated heterocycles. The molecule has 1 saturated carbocycles. The van der Waals surface area contributed by atoms with E-state index in [9.17, 15) is 19.8 Å². The Hall–Kier alpha value is -4.40. The first-order valence-corrected chi connectivity index (χ1v) is 25.1. The summed E-state index contributed by atoms with van der Waals surface area (Å²) >= 11 is 0. The van der Waals surface area contributed by atoms with Crippen molar-refractivity contribution in [2.45, 2.75) is 122 Å². The van der Waals surface area contributed by atoms with Crippen molar-refractivity contribution in [2.75, 3.05) is 12.4 Å². The third-order valence-electron chi connectivity index (χ3n) is 13.3. The zero-order chi connectivity index (χ0) is 43.6. The lowest BCUT2D eigenvalue weighted by Gasteiger charge is -2.28. The van der Waals surface area contributed by atoms with Gasteiger partial charge in [-0.15, -0.1) is 0 Å². The first kappa shape index (κ1) is 45.6. The van der Waals surface area contributed by atoms with Crippen LogP contribution in [0.5, 0.6) is 17.2 Å². The van der Waals surface area contributed by atoms with E-state index in [0.717, 1.165) is 70.5 Å². The summed E-state index contributed by atoms with van der Waals surface area (Å²) in [5.74, 6) is 9.63. The zero-order valence-corrected chi connectivity index (χ0v) is 38.0. The van der Waals surface area contributed by atoms with Crippen molar-refractivity contribution < 1.29 is 24.5 Å². The van der Waals surface area contributed by atoms with Gasteiger partial charge in [-0.25, -0.2) is 0 Å². The number of unbranched alkanes of at least 4 members (excludes halogenated alkanes) is 2. The second-order valence-corrected chi connectivity index (χ2v) is 20.5. The van der Waals surface area contributed by atoms with Gasteiger partial charge in [-0.1, -0.05) is 103 Å². The number of carbonyl (C=O) groups is 2. The molecule has 8 bridgehead atoms. The average molecular weight is 874 g/mol. The quantitative estimate of drug-likeness (QED) is 0.0504. The molecule has 1 fully saturated rings. The predicted octanol–water partition coefficient (Wildman–Crippen LogP) is 11.0. The van der Waals surface area contributed by atoms with Crippen molar-refractivity contribution in [3.63, 3.8) is 0 Å². The van der Waals surface area contributed by atoms with Crippen LogP contribution in [0.1, 0.15) is 152 Å². The van der Waals surface area contributed by atoms with Crippen LogP contribution in [0.4, 0.5) is 0 Å². The molecule has 4 aromatic rings. The highest BCUT2D eigenvalue weighted by Gasteiger charge is 2.37. The first-order chi connectivity index (χ1) is 30.0. The maximum absolute atomic E-state index is 14.2. The second-order valence-electron chi connectivity index (χ2n) is 17.9. The number of hydrogen-bond donors (Lipinski definition) is 5. The van der Waals surface area contributed by atoms with Crippen molar-refractivity contribution in [2.24, 2.45) is 28.7 Å². The van der Waals surface area contributed by atoms with Gasteiger partial charge in [0.1, 0.15) is 5.75 Å². The van der Waals surface area contributed by atoms with Crippen LogP contribution in [0, 0.1) is 29.1 Å². The normalized spacial score (nSPS) is 22.0. The van der Waals surface area contributed by atoms with Crippen LogP contribution in [0.3, 0.4) is 0 Å². The third-order valence-corrected chi connectivity index (χ3v) is 15.7. The Morgan fingerprint density at radius 1 is 0.952 bits per heavy atom. The molecule has 1 aliphatic heterocycles. The fraction of sp³-hybridized carbons (Fsp3) is 0.462. The Morgan fingerprint density at radius 3 is 2.60 bits per heavy atom. The Morgan fingerprint density at radius 2 is 1.77 bits per heavy atom. The number of fused-ring (bicyclic) bond motifs is 9. The van der Waals surface area contributed by atoms with Gasteiger partial charge in [0.05, 0.1) is 19.2 Å². The Labute approximate surface area is 375 Å². The molecule has 1 aromatic heterocycles. The summed E-state index contributed by atoms with van der Waals surface area (Å²) < 4.78 is 6.16. The van der Waals surface area contributed by atoms with Crippen molar-refractivity contribution in [3.8, 4) is 29.1 Å². The van der Waals surface area contributed by atoms with E-state index in [-0.39, 0.29) is 41.5 Å². The van der Waals surface area contributed by atoms with E-state index in [1.165, 1.54) is 32.1 Å². The minimum atomic E-state index is -0.726. The molecule has 7 rings (SSSR count). The number of allylic oxidation sites excluding steroid dienone is 2. The first-order valence-electron chi connectivity index (χ1n) is 22.6. The Balaban J connectivity index is 1.23. The molecule has 0 amide bonds. The number of H-pyrrole nitrogens is 1. The van der Waals surface area contributed by atoms with Crippen molar-refractivity contribution >= 4 is 33.2 Å². The van der Waals surface area contributed by atoms with E-state index in [2.05, 4.69) is 42.8 Å². The SMILES string of the molecule is CCCCC[C@H](C)CC[C@]12/C=C/C(=O)CCc3ccc(O)c(c3)OCCc3ccc(O)c(c3)[C@H]3CC(=O)c4cc[nH]c4CC#Cc4cc(C(N)N)c(cc43)CSSC[C@H](CC1)C2. The number of aryl methyl sites for hydroxylation is 1. The number of Topliss-reactive ketones (excluding diaryl/α,β-unsaturated/α-hetero) is 1. The molecule has 0 unspecified atom stereocenters. The van der Waals surface area contributed by atoms with Crippen LogP contribution in [-0.2, 0) is 29.8 Å². The van der Waals surface area contributed by atoms with Crippen LogP contribution in [-0.4, -0.2) is 39.1 Å². The molecule has 0 radical (unpaired) electrons. The van der Waals surface area contributed by atoms with Crippen LogP contribution in [0.2, 0.25) is 0 Å². The van der Waals surface area contributed by atoms with Crippen molar-refractivity contribution in [1.82, 2.24) is 4.98 Å². The number of ether oxygens (including phenoxy) is 1. The number of hydrogen-bond acceptors (Lipinski definition) is 9. The molecular formula is C52H63N3O5S2. The van der Waals surface area contributed by atoms with Gasteiger partial charge in [0.2, 0.25) is 0 Å².